The summed E-state index contributed by atoms with van der Waals surface area (Å²) in [4.78, 5) is 0. The molecule has 2 aliphatic carbocycles. The predicted octanol–water partition coefficient (Wildman–Crippen LogP) is 3.77. The first-order chi connectivity index (χ1) is 8.42. The molecule has 0 heterocycles. The summed E-state index contributed by atoms with van der Waals surface area (Å²) in [6.07, 6.45) is 5.66. The maximum absolute atomic E-state index is 3.78. The molecule has 3 rings (SSSR count). The Morgan fingerprint density at radius 3 is 2.53 bits per heavy atom. The van der Waals surface area contributed by atoms with Gasteiger partial charge in [-0.1, -0.05) is 43.7 Å². The first-order valence-electron chi connectivity index (χ1n) is 7.20. The highest BCUT2D eigenvalue weighted by Gasteiger charge is 2.55. The Morgan fingerprint density at radius 1 is 1.18 bits per heavy atom. The maximum Gasteiger partial charge on any atom is 0.0354 e. The third-order valence-corrected chi connectivity index (χ3v) is 4.63. The van der Waals surface area contributed by atoms with Crippen LogP contribution in [-0.2, 0) is 0 Å². The van der Waals surface area contributed by atoms with E-state index in [9.17, 15) is 0 Å². The van der Waals surface area contributed by atoms with Gasteiger partial charge >= 0.3 is 0 Å². The van der Waals surface area contributed by atoms with Gasteiger partial charge in [-0.2, -0.15) is 0 Å². The van der Waals surface area contributed by atoms with E-state index >= 15 is 0 Å². The minimum atomic E-state index is 0.617. The van der Waals surface area contributed by atoms with Crippen LogP contribution in [0.5, 0.6) is 0 Å². The van der Waals surface area contributed by atoms with Crippen molar-refractivity contribution in [1.29, 1.82) is 0 Å². The predicted molar refractivity (Wildman–Crippen MR) is 71.8 cm³/mol. The van der Waals surface area contributed by atoms with Gasteiger partial charge in [-0.05, 0) is 49.1 Å². The highest BCUT2D eigenvalue weighted by Crippen LogP contribution is 2.62. The molecule has 1 heteroatoms. The Balaban J connectivity index is 1.74. The monoisotopic (exact) mass is 229 g/mol. The summed E-state index contributed by atoms with van der Waals surface area (Å²) in [6, 6.07) is 11.7. The fourth-order valence-electron chi connectivity index (χ4n) is 3.81. The van der Waals surface area contributed by atoms with E-state index < -0.39 is 0 Å². The van der Waals surface area contributed by atoms with Crippen molar-refractivity contribution in [1.82, 2.24) is 5.32 Å². The molecule has 0 saturated heterocycles. The molecule has 0 aromatic heterocycles. The van der Waals surface area contributed by atoms with Crippen LogP contribution in [0.2, 0.25) is 0 Å². The lowest BCUT2D eigenvalue weighted by atomic mass is 9.97. The average Bonchev–Trinajstić information content (AvgIpc) is 2.85. The molecule has 1 aromatic rings. The zero-order valence-electron chi connectivity index (χ0n) is 10.7. The lowest BCUT2D eigenvalue weighted by Gasteiger charge is -2.21. The van der Waals surface area contributed by atoms with Crippen LogP contribution in [0.15, 0.2) is 30.3 Å². The fraction of sp³-hybridized carbons (Fsp3) is 0.625. The molecule has 0 spiro atoms. The van der Waals surface area contributed by atoms with Crippen LogP contribution in [-0.4, -0.2) is 6.54 Å². The van der Waals surface area contributed by atoms with Gasteiger partial charge in [0.05, 0.1) is 0 Å². The molecule has 0 amide bonds. The first kappa shape index (κ1) is 11.3. The number of hydrogen-bond donors (Lipinski definition) is 1. The second-order valence-corrected chi connectivity index (χ2v) is 5.68. The minimum Gasteiger partial charge on any atom is -0.310 e. The lowest BCUT2D eigenvalue weighted by Crippen LogP contribution is -2.25. The molecule has 0 bridgehead atoms. The fourth-order valence-corrected chi connectivity index (χ4v) is 3.81. The van der Waals surface area contributed by atoms with E-state index in [1.807, 2.05) is 0 Å². The smallest absolute Gasteiger partial charge is 0.0354 e. The van der Waals surface area contributed by atoms with Gasteiger partial charge in [0.1, 0.15) is 0 Å². The van der Waals surface area contributed by atoms with Crippen LogP contribution < -0.4 is 5.32 Å². The first-order valence-corrected chi connectivity index (χ1v) is 7.20. The van der Waals surface area contributed by atoms with Crippen molar-refractivity contribution in [3.05, 3.63) is 35.9 Å². The second-order valence-electron chi connectivity index (χ2n) is 5.68. The molecule has 2 aliphatic rings. The highest BCUT2D eigenvalue weighted by molar-refractivity contribution is 5.23. The number of fused-ring (bicyclic) bond motifs is 1. The molecule has 0 aliphatic heterocycles. The summed E-state index contributed by atoms with van der Waals surface area (Å²) in [5.41, 5.74) is 1.50. The van der Waals surface area contributed by atoms with Gasteiger partial charge in [0, 0.05) is 6.04 Å². The molecule has 2 fully saturated rings. The molecule has 3 unspecified atom stereocenters. The standard InChI is InChI=1S/C16H23N/c1-2-11-17-16(12-7-4-3-5-8-12)15-13-9-6-10-14(13)15/h3-5,7-8,13-17H,2,6,9-11H2,1H3. The van der Waals surface area contributed by atoms with E-state index in [1.54, 1.807) is 0 Å². The molecular formula is C16H23N. The Hall–Kier alpha value is -0.820. The zero-order valence-corrected chi connectivity index (χ0v) is 10.7. The van der Waals surface area contributed by atoms with Crippen LogP contribution in [0.1, 0.15) is 44.2 Å². The molecule has 3 atom stereocenters. The van der Waals surface area contributed by atoms with Crippen LogP contribution in [0, 0.1) is 17.8 Å². The van der Waals surface area contributed by atoms with Gasteiger partial charge < -0.3 is 5.32 Å². The van der Waals surface area contributed by atoms with E-state index in [4.69, 9.17) is 0 Å². The normalized spacial score (nSPS) is 32.2. The van der Waals surface area contributed by atoms with Crippen molar-refractivity contribution in [3.63, 3.8) is 0 Å². The van der Waals surface area contributed by atoms with Gasteiger partial charge in [0.25, 0.3) is 0 Å². The highest BCUT2D eigenvalue weighted by atomic mass is 14.9. The summed E-state index contributed by atoms with van der Waals surface area (Å²) in [7, 11) is 0. The number of benzene rings is 1. The Labute approximate surface area is 105 Å². The lowest BCUT2D eigenvalue weighted by molar-refractivity contribution is 0.417. The summed E-state index contributed by atoms with van der Waals surface area (Å²) < 4.78 is 0. The summed E-state index contributed by atoms with van der Waals surface area (Å²) >= 11 is 0. The molecule has 92 valence electrons. The Kier molecular flexibility index (Phi) is 3.19. The molecule has 0 radical (unpaired) electrons. The van der Waals surface area contributed by atoms with Gasteiger partial charge in [-0.25, -0.2) is 0 Å². The van der Waals surface area contributed by atoms with Crippen molar-refractivity contribution in [3.8, 4) is 0 Å². The van der Waals surface area contributed by atoms with E-state index in [0.29, 0.717) is 6.04 Å². The SMILES string of the molecule is CCCNC(c1ccccc1)C1C2CCCC21. The summed E-state index contributed by atoms with van der Waals surface area (Å²) in [5, 5.41) is 3.78. The second kappa shape index (κ2) is 4.81. The molecule has 2 saturated carbocycles. The Bertz CT molecular complexity index is 349. The van der Waals surface area contributed by atoms with Gasteiger partial charge in [-0.15, -0.1) is 0 Å². The maximum atomic E-state index is 3.78. The van der Waals surface area contributed by atoms with Gasteiger partial charge in [0.2, 0.25) is 0 Å². The molecule has 1 N–H and O–H groups in total. The molecule has 1 aromatic carbocycles. The van der Waals surface area contributed by atoms with Crippen LogP contribution >= 0.6 is 0 Å². The van der Waals surface area contributed by atoms with Crippen molar-refractivity contribution in [2.24, 2.45) is 17.8 Å². The van der Waals surface area contributed by atoms with Crippen molar-refractivity contribution < 1.29 is 0 Å². The average molecular weight is 229 g/mol. The van der Waals surface area contributed by atoms with Crippen LogP contribution in [0.3, 0.4) is 0 Å². The molecule has 17 heavy (non-hydrogen) atoms. The minimum absolute atomic E-state index is 0.617. The van der Waals surface area contributed by atoms with Crippen LogP contribution in [0.4, 0.5) is 0 Å². The topological polar surface area (TPSA) is 12.0 Å². The van der Waals surface area contributed by atoms with E-state index in [0.717, 1.165) is 24.3 Å². The third-order valence-electron chi connectivity index (χ3n) is 4.63. The van der Waals surface area contributed by atoms with Crippen molar-refractivity contribution in [2.45, 2.75) is 38.6 Å². The third kappa shape index (κ3) is 2.13. The van der Waals surface area contributed by atoms with E-state index in [1.165, 1.54) is 31.2 Å². The van der Waals surface area contributed by atoms with Crippen molar-refractivity contribution >= 4 is 0 Å². The summed E-state index contributed by atoms with van der Waals surface area (Å²) in [5.74, 6) is 2.99. The van der Waals surface area contributed by atoms with Crippen LogP contribution in [0.25, 0.3) is 0 Å². The number of nitrogens with one attached hydrogen (secondary N) is 1. The number of rotatable bonds is 5. The summed E-state index contributed by atoms with van der Waals surface area (Å²) in [6.45, 7) is 3.40. The quantitative estimate of drug-likeness (QED) is 0.810. The zero-order chi connectivity index (χ0) is 11.7. The van der Waals surface area contributed by atoms with E-state index in [2.05, 4.69) is 42.6 Å². The molecular weight excluding hydrogens is 206 g/mol. The van der Waals surface area contributed by atoms with Gasteiger partial charge in [-0.3, -0.25) is 0 Å². The Morgan fingerprint density at radius 2 is 1.88 bits per heavy atom. The van der Waals surface area contributed by atoms with E-state index in [-0.39, 0.29) is 0 Å². The largest absolute Gasteiger partial charge is 0.310 e. The van der Waals surface area contributed by atoms with Gasteiger partial charge in [0.15, 0.2) is 0 Å². The number of hydrogen-bond acceptors (Lipinski definition) is 1. The molecule has 1 nitrogen and oxygen atoms in total. The van der Waals surface area contributed by atoms with Crippen molar-refractivity contribution in [2.75, 3.05) is 6.54 Å².